The number of carbonyl (C=O) groups excluding carboxylic acids is 1. The number of pyridine rings is 1. The molecule has 3 heterocycles. The molecule has 2 aliphatic rings. The van der Waals surface area contributed by atoms with Gasteiger partial charge < -0.3 is 19.3 Å². The lowest BCUT2D eigenvalue weighted by atomic mass is 10.0. The second-order valence-electron chi connectivity index (χ2n) is 7.57. The van der Waals surface area contributed by atoms with E-state index in [-0.39, 0.29) is 18.7 Å². The molecule has 1 amide bonds. The van der Waals surface area contributed by atoms with Crippen LogP contribution in [0.1, 0.15) is 34.8 Å². The minimum Gasteiger partial charge on any atom is -0.454 e. The molecule has 1 aromatic heterocycles. The van der Waals surface area contributed by atoms with Gasteiger partial charge in [-0.2, -0.15) is 0 Å². The van der Waals surface area contributed by atoms with E-state index in [1.807, 2.05) is 42.5 Å². The summed E-state index contributed by atoms with van der Waals surface area (Å²) >= 11 is 0. The number of amides is 1. The molecule has 1 saturated heterocycles. The van der Waals surface area contributed by atoms with Crippen molar-refractivity contribution in [3.05, 3.63) is 78.0 Å². The lowest BCUT2D eigenvalue weighted by molar-refractivity contribution is 0.0993. The summed E-state index contributed by atoms with van der Waals surface area (Å²) < 4.78 is 11.0. The van der Waals surface area contributed by atoms with Crippen molar-refractivity contribution >= 4 is 17.4 Å². The molecule has 6 heteroatoms. The highest BCUT2D eigenvalue weighted by atomic mass is 16.7. The molecule has 0 saturated carbocycles. The first kappa shape index (κ1) is 18.5. The molecule has 0 aliphatic carbocycles. The zero-order valence-corrected chi connectivity index (χ0v) is 16.8. The summed E-state index contributed by atoms with van der Waals surface area (Å²) in [6, 6.07) is 19.6. The fourth-order valence-electron chi connectivity index (χ4n) is 4.18. The number of hydrogen-bond acceptors (Lipinski definition) is 5. The minimum atomic E-state index is -0.0522. The smallest absolute Gasteiger partial charge is 0.258 e. The maximum atomic E-state index is 13.0. The van der Waals surface area contributed by atoms with Crippen LogP contribution in [0.5, 0.6) is 11.5 Å². The highest BCUT2D eigenvalue weighted by molar-refractivity contribution is 6.06. The van der Waals surface area contributed by atoms with Crippen molar-refractivity contribution in [2.45, 2.75) is 18.9 Å². The fraction of sp³-hybridized carbons (Fsp3) is 0.250. The average molecular weight is 401 g/mol. The lowest BCUT2D eigenvalue weighted by Gasteiger charge is -2.27. The van der Waals surface area contributed by atoms with Gasteiger partial charge in [-0.3, -0.25) is 4.79 Å². The van der Waals surface area contributed by atoms with Gasteiger partial charge in [0.2, 0.25) is 6.79 Å². The van der Waals surface area contributed by atoms with E-state index in [9.17, 15) is 4.79 Å². The third kappa shape index (κ3) is 3.34. The molecule has 0 spiro atoms. The van der Waals surface area contributed by atoms with Crippen molar-refractivity contribution in [2.24, 2.45) is 0 Å². The molecular weight excluding hydrogens is 378 g/mol. The van der Waals surface area contributed by atoms with Crippen LogP contribution < -0.4 is 19.3 Å². The number of anilines is 2. The summed E-state index contributed by atoms with van der Waals surface area (Å²) in [6.45, 7) is 1.17. The number of fused-ring (bicyclic) bond motifs is 1. The summed E-state index contributed by atoms with van der Waals surface area (Å²) in [5.74, 6) is 2.35. The van der Waals surface area contributed by atoms with Gasteiger partial charge in [0.25, 0.3) is 5.91 Å². The quantitative estimate of drug-likeness (QED) is 0.647. The van der Waals surface area contributed by atoms with Crippen LogP contribution in [-0.4, -0.2) is 31.3 Å². The van der Waals surface area contributed by atoms with Crippen molar-refractivity contribution in [1.29, 1.82) is 0 Å². The number of carbonyl (C=O) groups is 1. The SMILES string of the molecule is CN(C(=O)c1ccnc(N2CCC[C@H]2c2ccc3c(c2)OCO3)c1)c1ccccc1. The Hall–Kier alpha value is -3.54. The first-order valence-corrected chi connectivity index (χ1v) is 10.2. The van der Waals surface area contributed by atoms with Crippen LogP contribution in [0.4, 0.5) is 11.5 Å². The van der Waals surface area contributed by atoms with Crippen LogP contribution in [0, 0.1) is 0 Å². The number of ether oxygens (including phenoxy) is 2. The molecule has 3 aromatic rings. The van der Waals surface area contributed by atoms with Gasteiger partial charge in [-0.1, -0.05) is 24.3 Å². The molecule has 1 atom stereocenters. The number of nitrogens with zero attached hydrogens (tertiary/aromatic N) is 3. The van der Waals surface area contributed by atoms with Gasteiger partial charge in [0.15, 0.2) is 11.5 Å². The number of para-hydroxylation sites is 1. The zero-order chi connectivity index (χ0) is 20.5. The average Bonchev–Trinajstić information content (AvgIpc) is 3.48. The third-order valence-corrected chi connectivity index (χ3v) is 5.77. The highest BCUT2D eigenvalue weighted by Crippen LogP contribution is 2.40. The lowest BCUT2D eigenvalue weighted by Crippen LogP contribution is -2.27. The van der Waals surface area contributed by atoms with Gasteiger partial charge in [-0.25, -0.2) is 4.98 Å². The Kier molecular flexibility index (Phi) is 4.75. The van der Waals surface area contributed by atoms with Crippen LogP contribution in [0.25, 0.3) is 0 Å². The molecule has 152 valence electrons. The Bertz CT molecular complexity index is 1070. The Morgan fingerprint density at radius 2 is 1.90 bits per heavy atom. The summed E-state index contributed by atoms with van der Waals surface area (Å²) in [5.41, 5.74) is 2.67. The second-order valence-corrected chi connectivity index (χ2v) is 7.57. The largest absolute Gasteiger partial charge is 0.454 e. The molecule has 0 bridgehead atoms. The molecule has 5 rings (SSSR count). The van der Waals surface area contributed by atoms with Gasteiger partial charge in [0.1, 0.15) is 5.82 Å². The molecule has 0 radical (unpaired) electrons. The van der Waals surface area contributed by atoms with E-state index in [0.717, 1.165) is 42.4 Å². The van der Waals surface area contributed by atoms with E-state index >= 15 is 0 Å². The Morgan fingerprint density at radius 3 is 2.77 bits per heavy atom. The predicted molar refractivity (Wildman–Crippen MR) is 115 cm³/mol. The molecule has 2 aromatic carbocycles. The first-order chi connectivity index (χ1) is 14.7. The minimum absolute atomic E-state index is 0.0522. The standard InChI is InChI=1S/C24H23N3O3/c1-26(19-6-3-2-4-7-19)24(28)18-11-12-25-23(15-18)27-13-5-8-20(27)17-9-10-21-22(14-17)30-16-29-21/h2-4,6-7,9-12,14-15,20H,5,8,13,16H2,1H3/t20-/m0/s1. The third-order valence-electron chi connectivity index (χ3n) is 5.77. The summed E-state index contributed by atoms with van der Waals surface area (Å²) in [7, 11) is 1.79. The number of hydrogen-bond donors (Lipinski definition) is 0. The van der Waals surface area contributed by atoms with E-state index in [0.29, 0.717) is 5.56 Å². The topological polar surface area (TPSA) is 54.9 Å². The van der Waals surface area contributed by atoms with Crippen LogP contribution in [0.2, 0.25) is 0 Å². The maximum Gasteiger partial charge on any atom is 0.258 e. The molecule has 30 heavy (non-hydrogen) atoms. The van der Waals surface area contributed by atoms with E-state index in [1.165, 1.54) is 5.56 Å². The number of aromatic nitrogens is 1. The van der Waals surface area contributed by atoms with Crippen molar-refractivity contribution in [1.82, 2.24) is 4.98 Å². The molecule has 1 fully saturated rings. The van der Waals surface area contributed by atoms with Gasteiger partial charge in [0.05, 0.1) is 6.04 Å². The van der Waals surface area contributed by atoms with Crippen LogP contribution in [-0.2, 0) is 0 Å². The van der Waals surface area contributed by atoms with Crippen molar-refractivity contribution < 1.29 is 14.3 Å². The first-order valence-electron chi connectivity index (χ1n) is 10.2. The Balaban J connectivity index is 1.41. The monoisotopic (exact) mass is 401 g/mol. The van der Waals surface area contributed by atoms with E-state index in [2.05, 4.69) is 22.0 Å². The van der Waals surface area contributed by atoms with Crippen LogP contribution >= 0.6 is 0 Å². The molecule has 2 aliphatic heterocycles. The molecular formula is C24H23N3O3. The highest BCUT2D eigenvalue weighted by Gasteiger charge is 2.29. The van der Waals surface area contributed by atoms with Gasteiger partial charge in [-0.15, -0.1) is 0 Å². The maximum absolute atomic E-state index is 13.0. The normalized spacial score (nSPS) is 17.2. The summed E-state index contributed by atoms with van der Waals surface area (Å²) in [5, 5.41) is 0. The Morgan fingerprint density at radius 1 is 1.07 bits per heavy atom. The summed E-state index contributed by atoms with van der Waals surface area (Å²) in [4.78, 5) is 21.6. The van der Waals surface area contributed by atoms with E-state index < -0.39 is 0 Å². The zero-order valence-electron chi connectivity index (χ0n) is 16.8. The van der Waals surface area contributed by atoms with Crippen molar-refractivity contribution in [2.75, 3.05) is 30.2 Å². The van der Waals surface area contributed by atoms with Crippen molar-refractivity contribution in [3.8, 4) is 11.5 Å². The summed E-state index contributed by atoms with van der Waals surface area (Å²) in [6.07, 6.45) is 3.82. The van der Waals surface area contributed by atoms with Crippen LogP contribution in [0.15, 0.2) is 66.9 Å². The number of rotatable bonds is 4. The predicted octanol–water partition coefficient (Wildman–Crippen LogP) is 4.43. The Labute approximate surface area is 175 Å². The van der Waals surface area contributed by atoms with Gasteiger partial charge >= 0.3 is 0 Å². The van der Waals surface area contributed by atoms with E-state index in [1.54, 1.807) is 24.2 Å². The van der Waals surface area contributed by atoms with Gasteiger partial charge in [0, 0.05) is 31.0 Å². The second kappa shape index (κ2) is 7.71. The van der Waals surface area contributed by atoms with Crippen LogP contribution in [0.3, 0.4) is 0 Å². The molecule has 6 nitrogen and oxygen atoms in total. The molecule has 0 unspecified atom stereocenters. The number of benzene rings is 2. The van der Waals surface area contributed by atoms with E-state index in [4.69, 9.17) is 9.47 Å². The van der Waals surface area contributed by atoms with Crippen molar-refractivity contribution in [3.63, 3.8) is 0 Å². The fourth-order valence-corrected chi connectivity index (χ4v) is 4.18. The van der Waals surface area contributed by atoms with Gasteiger partial charge in [-0.05, 0) is 54.8 Å². The molecule has 0 N–H and O–H groups in total.